The number of nitrogens with one attached hydrogen (secondary N) is 1. The zero-order chi connectivity index (χ0) is 12.8. The first kappa shape index (κ1) is 12.6. The van der Waals surface area contributed by atoms with E-state index in [1.54, 1.807) is 6.07 Å². The molecule has 1 N–H and O–H groups in total. The number of benzene rings is 1. The van der Waals surface area contributed by atoms with Gasteiger partial charge in [-0.25, -0.2) is 0 Å². The van der Waals surface area contributed by atoms with Crippen molar-refractivity contribution in [1.29, 1.82) is 5.26 Å². The molecule has 1 saturated carbocycles. The molecule has 0 saturated heterocycles. The lowest BCUT2D eigenvalue weighted by Crippen LogP contribution is -2.36. The Labute approximate surface area is 108 Å². The van der Waals surface area contributed by atoms with Crippen LogP contribution in [0.3, 0.4) is 0 Å². The third-order valence-electron chi connectivity index (χ3n) is 3.47. The lowest BCUT2D eigenvalue weighted by atomic mass is 9.95. The fourth-order valence-electron chi connectivity index (χ4n) is 2.49. The molecule has 0 unspecified atom stereocenters. The summed E-state index contributed by atoms with van der Waals surface area (Å²) in [6.07, 6.45) is 6.11. The second kappa shape index (κ2) is 6.20. The molecule has 1 aliphatic carbocycles. The van der Waals surface area contributed by atoms with Crippen molar-refractivity contribution < 1.29 is 4.79 Å². The first-order valence-electron chi connectivity index (χ1n) is 6.57. The summed E-state index contributed by atoms with van der Waals surface area (Å²) in [6, 6.07) is 9.76. The fraction of sp³-hybridized carbons (Fsp3) is 0.467. The largest absolute Gasteiger partial charge is 0.349 e. The minimum atomic E-state index is -0.0345. The highest BCUT2D eigenvalue weighted by atomic mass is 16.1. The quantitative estimate of drug-likeness (QED) is 0.886. The third-order valence-corrected chi connectivity index (χ3v) is 3.47. The van der Waals surface area contributed by atoms with E-state index >= 15 is 0 Å². The van der Waals surface area contributed by atoms with Crippen LogP contribution in [0, 0.1) is 11.3 Å². The van der Waals surface area contributed by atoms with Crippen molar-refractivity contribution in [3.63, 3.8) is 0 Å². The maximum Gasteiger partial charge on any atom is 0.251 e. The van der Waals surface area contributed by atoms with Crippen molar-refractivity contribution in [3.8, 4) is 6.07 Å². The van der Waals surface area contributed by atoms with E-state index < -0.39 is 0 Å². The van der Waals surface area contributed by atoms with E-state index in [1.165, 1.54) is 19.3 Å². The molecule has 0 bridgehead atoms. The number of rotatable bonds is 3. The Bertz CT molecular complexity index is 456. The van der Waals surface area contributed by atoms with Crippen molar-refractivity contribution in [3.05, 3.63) is 35.4 Å². The molecular weight excluding hydrogens is 224 g/mol. The molecule has 0 atom stereocenters. The average Bonchev–Trinajstić information content (AvgIpc) is 2.41. The van der Waals surface area contributed by atoms with Gasteiger partial charge in [0.2, 0.25) is 0 Å². The zero-order valence-corrected chi connectivity index (χ0v) is 10.5. The molecule has 18 heavy (non-hydrogen) atoms. The van der Waals surface area contributed by atoms with Gasteiger partial charge in [-0.15, -0.1) is 0 Å². The van der Waals surface area contributed by atoms with Gasteiger partial charge in [0.25, 0.3) is 5.91 Å². The topological polar surface area (TPSA) is 52.9 Å². The van der Waals surface area contributed by atoms with E-state index in [4.69, 9.17) is 5.26 Å². The summed E-state index contributed by atoms with van der Waals surface area (Å²) in [6.45, 7) is 0. The molecule has 3 heteroatoms. The third kappa shape index (κ3) is 3.10. The Balaban J connectivity index is 2.06. The number of hydrogen-bond acceptors (Lipinski definition) is 2. The van der Waals surface area contributed by atoms with Crippen LogP contribution < -0.4 is 5.32 Å². The molecular formula is C15H18N2O. The van der Waals surface area contributed by atoms with Gasteiger partial charge in [0.1, 0.15) is 0 Å². The zero-order valence-electron chi connectivity index (χ0n) is 10.5. The molecule has 1 amide bonds. The predicted molar refractivity (Wildman–Crippen MR) is 70.1 cm³/mol. The smallest absolute Gasteiger partial charge is 0.251 e. The minimum Gasteiger partial charge on any atom is -0.349 e. The highest BCUT2D eigenvalue weighted by molar-refractivity contribution is 5.95. The van der Waals surface area contributed by atoms with Gasteiger partial charge in [-0.2, -0.15) is 5.26 Å². The fourth-order valence-corrected chi connectivity index (χ4v) is 2.49. The molecule has 0 heterocycles. The maximum absolute atomic E-state index is 12.2. The SMILES string of the molecule is N#CCc1ccccc1C(=O)NC1CCCCC1. The van der Waals surface area contributed by atoms with Crippen molar-refractivity contribution in [2.24, 2.45) is 0 Å². The molecule has 0 spiro atoms. The summed E-state index contributed by atoms with van der Waals surface area (Å²) in [5, 5.41) is 11.9. The molecule has 2 rings (SSSR count). The molecule has 1 fully saturated rings. The highest BCUT2D eigenvalue weighted by Crippen LogP contribution is 2.18. The van der Waals surface area contributed by atoms with Gasteiger partial charge in [0.15, 0.2) is 0 Å². The summed E-state index contributed by atoms with van der Waals surface area (Å²) in [5.41, 5.74) is 1.46. The number of carbonyl (C=O) groups is 1. The van der Waals surface area contributed by atoms with Crippen LogP contribution >= 0.6 is 0 Å². The second-order valence-electron chi connectivity index (χ2n) is 4.80. The Morgan fingerprint density at radius 2 is 2.00 bits per heavy atom. The van der Waals surface area contributed by atoms with E-state index in [0.717, 1.165) is 18.4 Å². The van der Waals surface area contributed by atoms with Gasteiger partial charge in [-0.05, 0) is 24.5 Å². The number of carbonyl (C=O) groups excluding carboxylic acids is 1. The van der Waals surface area contributed by atoms with Crippen LogP contribution in [0.5, 0.6) is 0 Å². The molecule has 0 aliphatic heterocycles. The van der Waals surface area contributed by atoms with Gasteiger partial charge in [-0.1, -0.05) is 37.5 Å². The number of amides is 1. The summed E-state index contributed by atoms with van der Waals surface area (Å²) in [7, 11) is 0. The van der Waals surface area contributed by atoms with Crippen molar-refractivity contribution >= 4 is 5.91 Å². The first-order valence-corrected chi connectivity index (χ1v) is 6.57. The Morgan fingerprint density at radius 3 is 2.72 bits per heavy atom. The van der Waals surface area contributed by atoms with E-state index in [1.807, 2.05) is 18.2 Å². The van der Waals surface area contributed by atoms with Gasteiger partial charge in [-0.3, -0.25) is 4.79 Å². The monoisotopic (exact) mass is 242 g/mol. The number of nitrogens with zero attached hydrogens (tertiary/aromatic N) is 1. The van der Waals surface area contributed by atoms with Crippen LogP contribution in [0.1, 0.15) is 48.0 Å². The Morgan fingerprint density at radius 1 is 1.28 bits per heavy atom. The summed E-state index contributed by atoms with van der Waals surface area (Å²) in [5.74, 6) is -0.0345. The molecule has 1 aromatic carbocycles. The van der Waals surface area contributed by atoms with E-state index in [-0.39, 0.29) is 12.3 Å². The average molecular weight is 242 g/mol. The summed E-state index contributed by atoms with van der Waals surface area (Å²) < 4.78 is 0. The standard InChI is InChI=1S/C15H18N2O/c16-11-10-12-6-4-5-9-14(12)15(18)17-13-7-2-1-3-8-13/h4-6,9,13H,1-3,7-8,10H2,(H,17,18). The summed E-state index contributed by atoms with van der Waals surface area (Å²) >= 11 is 0. The van der Waals surface area contributed by atoms with Crippen molar-refractivity contribution in [2.75, 3.05) is 0 Å². The molecule has 94 valence electrons. The molecule has 0 radical (unpaired) electrons. The molecule has 0 aromatic heterocycles. The van der Waals surface area contributed by atoms with Gasteiger partial charge < -0.3 is 5.32 Å². The molecule has 3 nitrogen and oxygen atoms in total. The molecule has 1 aliphatic rings. The van der Waals surface area contributed by atoms with Crippen molar-refractivity contribution in [2.45, 2.75) is 44.6 Å². The van der Waals surface area contributed by atoms with E-state index in [0.29, 0.717) is 11.6 Å². The molecule has 1 aromatic rings. The van der Waals surface area contributed by atoms with Crippen molar-refractivity contribution in [1.82, 2.24) is 5.32 Å². The Hall–Kier alpha value is -1.82. The van der Waals surface area contributed by atoms with Gasteiger partial charge >= 0.3 is 0 Å². The van der Waals surface area contributed by atoms with Crippen LogP contribution in [0.25, 0.3) is 0 Å². The normalized spacial score (nSPS) is 15.9. The minimum absolute atomic E-state index is 0.0345. The number of hydrogen-bond donors (Lipinski definition) is 1. The van der Waals surface area contributed by atoms with Crippen LogP contribution in [-0.4, -0.2) is 11.9 Å². The van der Waals surface area contributed by atoms with Gasteiger partial charge in [0, 0.05) is 11.6 Å². The van der Waals surface area contributed by atoms with Crippen LogP contribution in [-0.2, 0) is 6.42 Å². The number of nitriles is 1. The first-order chi connectivity index (χ1) is 8.81. The van der Waals surface area contributed by atoms with Gasteiger partial charge in [0.05, 0.1) is 12.5 Å². The summed E-state index contributed by atoms with van der Waals surface area (Å²) in [4.78, 5) is 12.2. The lowest BCUT2D eigenvalue weighted by molar-refractivity contribution is 0.0927. The van der Waals surface area contributed by atoms with Crippen LogP contribution in [0.4, 0.5) is 0 Å². The van der Waals surface area contributed by atoms with E-state index in [2.05, 4.69) is 11.4 Å². The Kier molecular flexibility index (Phi) is 4.35. The van der Waals surface area contributed by atoms with E-state index in [9.17, 15) is 4.79 Å². The highest BCUT2D eigenvalue weighted by Gasteiger charge is 2.18. The maximum atomic E-state index is 12.2. The lowest BCUT2D eigenvalue weighted by Gasteiger charge is -2.23. The second-order valence-corrected chi connectivity index (χ2v) is 4.80. The van der Waals surface area contributed by atoms with Crippen LogP contribution in [0.15, 0.2) is 24.3 Å². The van der Waals surface area contributed by atoms with Crippen LogP contribution in [0.2, 0.25) is 0 Å². The predicted octanol–water partition coefficient (Wildman–Crippen LogP) is 2.82.